The molecule has 0 heterocycles. The van der Waals surface area contributed by atoms with Gasteiger partial charge in [0.05, 0.1) is 4.47 Å². The third-order valence-corrected chi connectivity index (χ3v) is 2.90. The Balaban J connectivity index is 2.70. The van der Waals surface area contributed by atoms with E-state index in [9.17, 15) is 4.79 Å². The maximum atomic E-state index is 10.8. The minimum atomic E-state index is -0.480. The van der Waals surface area contributed by atoms with E-state index < -0.39 is 5.91 Å². The Morgan fingerprint density at radius 1 is 1.50 bits per heavy atom. The van der Waals surface area contributed by atoms with E-state index in [2.05, 4.69) is 35.1 Å². The highest BCUT2D eigenvalue weighted by Gasteiger charge is 2.09. The van der Waals surface area contributed by atoms with Crippen LogP contribution in [0.15, 0.2) is 22.7 Å². The Labute approximate surface area is 116 Å². The van der Waals surface area contributed by atoms with Crippen LogP contribution in [0.5, 0.6) is 5.75 Å². The van der Waals surface area contributed by atoms with Gasteiger partial charge in [-0.05, 0) is 34.5 Å². The predicted octanol–water partition coefficient (Wildman–Crippen LogP) is 2.06. The Morgan fingerprint density at radius 3 is 2.83 bits per heavy atom. The number of carbonyl (C=O) groups is 1. The van der Waals surface area contributed by atoms with E-state index in [0.717, 1.165) is 16.6 Å². The molecule has 0 spiro atoms. The molecule has 0 saturated heterocycles. The molecule has 0 fully saturated rings. The van der Waals surface area contributed by atoms with Gasteiger partial charge in [0.2, 0.25) is 0 Å². The number of amides is 1. The average molecular weight is 315 g/mol. The summed E-state index contributed by atoms with van der Waals surface area (Å²) in [6.45, 7) is 5.82. The van der Waals surface area contributed by atoms with Crippen molar-refractivity contribution in [3.63, 3.8) is 0 Å². The van der Waals surface area contributed by atoms with Crippen LogP contribution in [0.25, 0.3) is 0 Å². The summed E-state index contributed by atoms with van der Waals surface area (Å²) >= 11 is 3.41. The molecule has 0 atom stereocenters. The van der Waals surface area contributed by atoms with Crippen LogP contribution in [-0.2, 0) is 11.3 Å². The highest BCUT2D eigenvalue weighted by Crippen LogP contribution is 2.29. The number of rotatable bonds is 7. The molecule has 0 aliphatic carbocycles. The summed E-state index contributed by atoms with van der Waals surface area (Å²) in [6.07, 6.45) is 0. The zero-order chi connectivity index (χ0) is 13.5. The molecule has 0 saturated carbocycles. The highest BCUT2D eigenvalue weighted by atomic mass is 79.9. The monoisotopic (exact) mass is 314 g/mol. The van der Waals surface area contributed by atoms with Gasteiger partial charge in [0.1, 0.15) is 5.75 Å². The molecule has 5 heteroatoms. The molecule has 0 bridgehead atoms. The first-order valence-electron chi connectivity index (χ1n) is 5.90. The summed E-state index contributed by atoms with van der Waals surface area (Å²) in [5.41, 5.74) is 6.09. The van der Waals surface area contributed by atoms with Gasteiger partial charge in [-0.2, -0.15) is 0 Å². The second-order valence-electron chi connectivity index (χ2n) is 4.51. The van der Waals surface area contributed by atoms with Gasteiger partial charge in [-0.1, -0.05) is 26.0 Å². The Morgan fingerprint density at radius 2 is 2.22 bits per heavy atom. The molecule has 1 aromatic rings. The molecule has 3 N–H and O–H groups in total. The highest BCUT2D eigenvalue weighted by molar-refractivity contribution is 9.10. The Hall–Kier alpha value is -1.07. The molecule has 0 unspecified atom stereocenters. The van der Waals surface area contributed by atoms with E-state index in [1.807, 2.05) is 18.2 Å². The number of hydrogen-bond acceptors (Lipinski definition) is 3. The molecular weight excluding hydrogens is 296 g/mol. The van der Waals surface area contributed by atoms with Crippen molar-refractivity contribution in [3.8, 4) is 5.75 Å². The number of carbonyl (C=O) groups excluding carboxylic acids is 1. The Bertz CT molecular complexity index is 408. The number of nitrogens with two attached hydrogens (primary N) is 1. The van der Waals surface area contributed by atoms with E-state index in [0.29, 0.717) is 18.2 Å². The topological polar surface area (TPSA) is 64.3 Å². The van der Waals surface area contributed by atoms with E-state index in [-0.39, 0.29) is 6.61 Å². The van der Waals surface area contributed by atoms with Crippen LogP contribution >= 0.6 is 15.9 Å². The fraction of sp³-hybridized carbons (Fsp3) is 0.462. The van der Waals surface area contributed by atoms with Gasteiger partial charge in [0, 0.05) is 12.1 Å². The van der Waals surface area contributed by atoms with Gasteiger partial charge in [-0.15, -0.1) is 0 Å². The fourth-order valence-corrected chi connectivity index (χ4v) is 2.01. The van der Waals surface area contributed by atoms with Crippen molar-refractivity contribution in [2.45, 2.75) is 20.4 Å². The number of benzene rings is 1. The SMILES string of the molecule is CC(C)CNCc1cccc(Br)c1OCC(N)=O. The van der Waals surface area contributed by atoms with Crippen LogP contribution < -0.4 is 15.8 Å². The van der Waals surface area contributed by atoms with Crippen molar-refractivity contribution in [2.75, 3.05) is 13.2 Å². The molecular formula is C13H19BrN2O2. The lowest BCUT2D eigenvalue weighted by Gasteiger charge is -2.13. The van der Waals surface area contributed by atoms with Crippen molar-refractivity contribution < 1.29 is 9.53 Å². The summed E-state index contributed by atoms with van der Waals surface area (Å²) in [5, 5.41) is 3.34. The quantitative estimate of drug-likeness (QED) is 0.809. The van der Waals surface area contributed by atoms with Gasteiger partial charge in [-0.3, -0.25) is 4.79 Å². The van der Waals surface area contributed by atoms with Crippen LogP contribution in [0.1, 0.15) is 19.4 Å². The number of ether oxygens (including phenoxy) is 1. The third kappa shape index (κ3) is 5.06. The molecule has 4 nitrogen and oxygen atoms in total. The van der Waals surface area contributed by atoms with E-state index in [4.69, 9.17) is 10.5 Å². The lowest BCUT2D eigenvalue weighted by atomic mass is 10.2. The molecule has 0 radical (unpaired) electrons. The molecule has 0 aliphatic heterocycles. The lowest BCUT2D eigenvalue weighted by molar-refractivity contribution is -0.119. The Kier molecular flexibility index (Phi) is 6.15. The van der Waals surface area contributed by atoms with Gasteiger partial charge in [0.25, 0.3) is 5.91 Å². The summed E-state index contributed by atoms with van der Waals surface area (Å²) in [4.78, 5) is 10.8. The average Bonchev–Trinajstić information content (AvgIpc) is 2.27. The van der Waals surface area contributed by atoms with Crippen molar-refractivity contribution in [2.24, 2.45) is 11.7 Å². The van der Waals surface area contributed by atoms with Gasteiger partial charge in [0.15, 0.2) is 6.61 Å². The number of hydrogen-bond donors (Lipinski definition) is 2. The van der Waals surface area contributed by atoms with Crippen LogP contribution in [0.3, 0.4) is 0 Å². The summed E-state index contributed by atoms with van der Waals surface area (Å²) < 4.78 is 6.25. The summed E-state index contributed by atoms with van der Waals surface area (Å²) in [6, 6.07) is 5.78. The van der Waals surface area contributed by atoms with Gasteiger partial charge < -0.3 is 15.8 Å². The summed E-state index contributed by atoms with van der Waals surface area (Å²) in [7, 11) is 0. The molecule has 0 aromatic heterocycles. The van der Waals surface area contributed by atoms with Gasteiger partial charge >= 0.3 is 0 Å². The largest absolute Gasteiger partial charge is 0.482 e. The fourth-order valence-electron chi connectivity index (χ4n) is 1.49. The minimum absolute atomic E-state index is 0.111. The first-order valence-corrected chi connectivity index (χ1v) is 6.69. The van der Waals surface area contributed by atoms with Gasteiger partial charge in [-0.25, -0.2) is 0 Å². The number of primary amides is 1. The second-order valence-corrected chi connectivity index (χ2v) is 5.36. The maximum Gasteiger partial charge on any atom is 0.255 e. The van der Waals surface area contributed by atoms with Crippen LogP contribution in [0, 0.1) is 5.92 Å². The van der Waals surface area contributed by atoms with Crippen LogP contribution in [-0.4, -0.2) is 19.1 Å². The van der Waals surface area contributed by atoms with Crippen molar-refractivity contribution >= 4 is 21.8 Å². The lowest BCUT2D eigenvalue weighted by Crippen LogP contribution is -2.22. The zero-order valence-corrected chi connectivity index (χ0v) is 12.3. The van der Waals surface area contributed by atoms with Crippen LogP contribution in [0.2, 0.25) is 0 Å². The second kappa shape index (κ2) is 7.38. The predicted molar refractivity (Wildman–Crippen MR) is 75.4 cm³/mol. The molecule has 18 heavy (non-hydrogen) atoms. The first kappa shape index (κ1) is 15.0. The number of nitrogens with one attached hydrogen (secondary N) is 1. The third-order valence-electron chi connectivity index (χ3n) is 2.28. The molecule has 0 aliphatic rings. The van der Waals surface area contributed by atoms with E-state index in [1.54, 1.807) is 0 Å². The minimum Gasteiger partial charge on any atom is -0.482 e. The standard InChI is InChI=1S/C13H19BrN2O2/c1-9(2)6-16-7-10-4-3-5-11(14)13(10)18-8-12(15)17/h3-5,9,16H,6-8H2,1-2H3,(H2,15,17). The zero-order valence-electron chi connectivity index (χ0n) is 10.7. The van der Waals surface area contributed by atoms with Crippen molar-refractivity contribution in [1.29, 1.82) is 0 Å². The number of halogens is 1. The van der Waals surface area contributed by atoms with E-state index in [1.165, 1.54) is 0 Å². The molecule has 100 valence electrons. The van der Waals surface area contributed by atoms with Crippen LogP contribution in [0.4, 0.5) is 0 Å². The van der Waals surface area contributed by atoms with Crippen molar-refractivity contribution in [3.05, 3.63) is 28.2 Å². The van der Waals surface area contributed by atoms with E-state index >= 15 is 0 Å². The maximum absolute atomic E-state index is 10.8. The smallest absolute Gasteiger partial charge is 0.255 e. The molecule has 1 rings (SSSR count). The van der Waals surface area contributed by atoms with Crippen molar-refractivity contribution in [1.82, 2.24) is 5.32 Å². The first-order chi connectivity index (χ1) is 8.50. The normalized spacial score (nSPS) is 10.7. The molecule has 1 aromatic carbocycles. The number of para-hydroxylation sites is 1. The summed E-state index contributed by atoms with van der Waals surface area (Å²) in [5.74, 6) is 0.784. The molecule has 1 amide bonds.